The first kappa shape index (κ1) is 12.2. The molecule has 1 aromatic rings. The lowest BCUT2D eigenvalue weighted by molar-refractivity contribution is -0.138. The van der Waals surface area contributed by atoms with E-state index in [-0.39, 0.29) is 12.6 Å². The summed E-state index contributed by atoms with van der Waals surface area (Å²) in [6, 6.07) is 4.01. The summed E-state index contributed by atoms with van der Waals surface area (Å²) in [5, 5.41) is 8.93. The predicted octanol–water partition coefficient (Wildman–Crippen LogP) is 2.01. The second-order valence-electron chi connectivity index (χ2n) is 4.90. The Morgan fingerprint density at radius 3 is 2.94 bits per heavy atom. The van der Waals surface area contributed by atoms with Crippen molar-refractivity contribution in [3.8, 4) is 0 Å². The molecule has 0 amide bonds. The van der Waals surface area contributed by atoms with E-state index in [2.05, 4.69) is 6.92 Å². The highest BCUT2D eigenvalue weighted by atomic mass is 16.4. The van der Waals surface area contributed by atoms with Crippen LogP contribution in [0.1, 0.15) is 25.5 Å². The Bertz CT molecular complexity index is 357. The van der Waals surface area contributed by atoms with Gasteiger partial charge >= 0.3 is 5.97 Å². The standard InChI is InChI=1S/C13H19NO3/c1-10(7-12-3-2-6-17-12)14(9-13(15)16)8-11-4-5-11/h2-3,6,10-11H,4-5,7-9H2,1H3,(H,15,16). The monoisotopic (exact) mass is 237 g/mol. The van der Waals surface area contributed by atoms with Crippen LogP contribution in [0.4, 0.5) is 0 Å². The smallest absolute Gasteiger partial charge is 0.317 e. The Balaban J connectivity index is 1.90. The Kier molecular flexibility index (Phi) is 3.84. The van der Waals surface area contributed by atoms with Crippen molar-refractivity contribution in [2.24, 2.45) is 5.92 Å². The normalized spacial score (nSPS) is 17.3. The van der Waals surface area contributed by atoms with Gasteiger partial charge in [-0.05, 0) is 37.8 Å². The van der Waals surface area contributed by atoms with Crippen LogP contribution in [0, 0.1) is 5.92 Å². The molecule has 0 radical (unpaired) electrons. The molecule has 0 bridgehead atoms. The summed E-state index contributed by atoms with van der Waals surface area (Å²) in [4.78, 5) is 12.9. The van der Waals surface area contributed by atoms with Gasteiger partial charge in [0.2, 0.25) is 0 Å². The Morgan fingerprint density at radius 1 is 1.65 bits per heavy atom. The molecule has 1 unspecified atom stereocenters. The van der Waals surface area contributed by atoms with Crippen molar-refractivity contribution in [1.29, 1.82) is 0 Å². The molecule has 1 saturated carbocycles. The number of rotatable bonds is 7. The number of aliphatic carboxylic acids is 1. The summed E-state index contributed by atoms with van der Waals surface area (Å²) in [6.45, 7) is 3.08. The molecule has 94 valence electrons. The van der Waals surface area contributed by atoms with E-state index in [1.165, 1.54) is 12.8 Å². The zero-order valence-corrected chi connectivity index (χ0v) is 10.1. The van der Waals surface area contributed by atoms with Crippen LogP contribution in [-0.4, -0.2) is 35.1 Å². The van der Waals surface area contributed by atoms with E-state index >= 15 is 0 Å². The van der Waals surface area contributed by atoms with Gasteiger partial charge in [-0.1, -0.05) is 0 Å². The van der Waals surface area contributed by atoms with E-state index in [0.717, 1.165) is 18.7 Å². The molecule has 0 aliphatic heterocycles. The van der Waals surface area contributed by atoms with Gasteiger partial charge in [-0.2, -0.15) is 0 Å². The van der Waals surface area contributed by atoms with Gasteiger partial charge in [-0.25, -0.2) is 0 Å². The summed E-state index contributed by atoms with van der Waals surface area (Å²) >= 11 is 0. The Morgan fingerprint density at radius 2 is 2.41 bits per heavy atom. The van der Waals surface area contributed by atoms with Gasteiger partial charge in [0, 0.05) is 19.0 Å². The zero-order valence-electron chi connectivity index (χ0n) is 10.1. The first-order valence-electron chi connectivity index (χ1n) is 6.13. The number of furan rings is 1. The van der Waals surface area contributed by atoms with Crippen LogP contribution in [0.3, 0.4) is 0 Å². The minimum absolute atomic E-state index is 0.123. The van der Waals surface area contributed by atoms with Crippen molar-refractivity contribution in [1.82, 2.24) is 4.90 Å². The lowest BCUT2D eigenvalue weighted by Gasteiger charge is -2.26. The lowest BCUT2D eigenvalue weighted by Crippen LogP contribution is -2.39. The lowest BCUT2D eigenvalue weighted by atomic mass is 10.1. The zero-order chi connectivity index (χ0) is 12.3. The molecule has 1 atom stereocenters. The minimum Gasteiger partial charge on any atom is -0.480 e. The van der Waals surface area contributed by atoms with Crippen LogP contribution in [-0.2, 0) is 11.2 Å². The van der Waals surface area contributed by atoms with Gasteiger partial charge in [0.25, 0.3) is 0 Å². The summed E-state index contributed by atoms with van der Waals surface area (Å²) < 4.78 is 5.31. The predicted molar refractivity (Wildman–Crippen MR) is 63.8 cm³/mol. The number of hydrogen-bond donors (Lipinski definition) is 1. The molecule has 1 heterocycles. The summed E-state index contributed by atoms with van der Waals surface area (Å²) in [6.07, 6.45) is 4.91. The van der Waals surface area contributed by atoms with Gasteiger partial charge in [0.15, 0.2) is 0 Å². The van der Waals surface area contributed by atoms with E-state index in [9.17, 15) is 4.79 Å². The molecule has 4 nitrogen and oxygen atoms in total. The molecule has 0 aromatic carbocycles. The maximum atomic E-state index is 10.9. The third-order valence-corrected chi connectivity index (χ3v) is 3.23. The van der Waals surface area contributed by atoms with Gasteiger partial charge in [0.1, 0.15) is 5.76 Å². The molecule has 2 rings (SSSR count). The molecule has 0 saturated heterocycles. The van der Waals surface area contributed by atoms with E-state index in [1.807, 2.05) is 17.0 Å². The SMILES string of the molecule is CC(Cc1ccco1)N(CC(=O)O)CC1CC1. The van der Waals surface area contributed by atoms with E-state index in [1.54, 1.807) is 6.26 Å². The van der Waals surface area contributed by atoms with Crippen molar-refractivity contribution in [3.05, 3.63) is 24.2 Å². The van der Waals surface area contributed by atoms with Crippen molar-refractivity contribution >= 4 is 5.97 Å². The maximum absolute atomic E-state index is 10.9. The van der Waals surface area contributed by atoms with Crippen molar-refractivity contribution in [2.75, 3.05) is 13.1 Å². The van der Waals surface area contributed by atoms with Crippen LogP contribution >= 0.6 is 0 Å². The third kappa shape index (κ3) is 3.89. The number of nitrogens with zero attached hydrogens (tertiary/aromatic N) is 1. The quantitative estimate of drug-likeness (QED) is 0.788. The number of carbonyl (C=O) groups is 1. The molecular weight excluding hydrogens is 218 g/mol. The first-order chi connectivity index (χ1) is 8.15. The highest BCUT2D eigenvalue weighted by Crippen LogP contribution is 2.30. The third-order valence-electron chi connectivity index (χ3n) is 3.23. The molecule has 17 heavy (non-hydrogen) atoms. The van der Waals surface area contributed by atoms with Gasteiger partial charge < -0.3 is 9.52 Å². The van der Waals surface area contributed by atoms with Crippen LogP contribution in [0.5, 0.6) is 0 Å². The Hall–Kier alpha value is -1.29. The summed E-state index contributed by atoms with van der Waals surface area (Å²) in [5.74, 6) is 0.869. The molecule has 1 fully saturated rings. The minimum atomic E-state index is -0.753. The highest BCUT2D eigenvalue weighted by molar-refractivity contribution is 5.69. The highest BCUT2D eigenvalue weighted by Gasteiger charge is 2.27. The largest absolute Gasteiger partial charge is 0.480 e. The van der Waals surface area contributed by atoms with Crippen molar-refractivity contribution in [3.63, 3.8) is 0 Å². The van der Waals surface area contributed by atoms with E-state index in [0.29, 0.717) is 5.92 Å². The Labute approximate surface area is 101 Å². The second kappa shape index (κ2) is 5.36. The fraction of sp³-hybridized carbons (Fsp3) is 0.615. The molecule has 1 aliphatic carbocycles. The maximum Gasteiger partial charge on any atom is 0.317 e. The van der Waals surface area contributed by atoms with Crippen molar-refractivity contribution < 1.29 is 14.3 Å². The van der Waals surface area contributed by atoms with Gasteiger partial charge in [-0.3, -0.25) is 9.69 Å². The average molecular weight is 237 g/mol. The molecule has 0 spiro atoms. The first-order valence-corrected chi connectivity index (χ1v) is 6.13. The fourth-order valence-corrected chi connectivity index (χ4v) is 2.06. The number of carboxylic acid groups (broad SMARTS) is 1. The second-order valence-corrected chi connectivity index (χ2v) is 4.90. The molecule has 1 aliphatic rings. The van der Waals surface area contributed by atoms with Crippen molar-refractivity contribution in [2.45, 2.75) is 32.2 Å². The van der Waals surface area contributed by atoms with Crippen LogP contribution in [0.25, 0.3) is 0 Å². The van der Waals surface area contributed by atoms with Crippen LogP contribution < -0.4 is 0 Å². The van der Waals surface area contributed by atoms with Crippen LogP contribution in [0.15, 0.2) is 22.8 Å². The topological polar surface area (TPSA) is 53.7 Å². The van der Waals surface area contributed by atoms with E-state index in [4.69, 9.17) is 9.52 Å². The molecule has 4 heteroatoms. The number of hydrogen-bond acceptors (Lipinski definition) is 3. The fourth-order valence-electron chi connectivity index (χ4n) is 2.06. The number of carboxylic acids is 1. The molecule has 1 N–H and O–H groups in total. The van der Waals surface area contributed by atoms with Gasteiger partial charge in [0.05, 0.1) is 12.8 Å². The average Bonchev–Trinajstić information content (AvgIpc) is 2.92. The molecule has 1 aromatic heterocycles. The summed E-state index contributed by atoms with van der Waals surface area (Å²) in [7, 11) is 0. The van der Waals surface area contributed by atoms with Crippen LogP contribution in [0.2, 0.25) is 0 Å². The molecular formula is C13H19NO3. The summed E-state index contributed by atoms with van der Waals surface area (Å²) in [5.41, 5.74) is 0. The van der Waals surface area contributed by atoms with Gasteiger partial charge in [-0.15, -0.1) is 0 Å². The van der Waals surface area contributed by atoms with E-state index < -0.39 is 5.97 Å².